The molecule has 25 heavy (non-hydrogen) atoms. The Morgan fingerprint density at radius 2 is 1.76 bits per heavy atom. The molecule has 0 heterocycles. The van der Waals surface area contributed by atoms with Crippen LogP contribution in [0.15, 0.2) is 48.5 Å². The van der Waals surface area contributed by atoms with E-state index >= 15 is 0 Å². The van der Waals surface area contributed by atoms with Gasteiger partial charge in [-0.05, 0) is 49.7 Å². The highest BCUT2D eigenvalue weighted by atomic mass is 32.1. The molecule has 0 aliphatic carbocycles. The molecule has 0 aliphatic rings. The minimum Gasteiger partial charge on any atom is -0.345 e. The van der Waals surface area contributed by atoms with Crippen molar-refractivity contribution in [3.8, 4) is 0 Å². The van der Waals surface area contributed by atoms with E-state index in [1.165, 1.54) is 42.4 Å². The van der Waals surface area contributed by atoms with Crippen LogP contribution in [0, 0.1) is 13.8 Å². The van der Waals surface area contributed by atoms with Crippen LogP contribution >= 0.6 is 12.2 Å². The molecule has 0 unspecified atom stereocenters. The van der Waals surface area contributed by atoms with Crippen LogP contribution in [-0.4, -0.2) is 16.6 Å². The second kappa shape index (κ2) is 10.2. The van der Waals surface area contributed by atoms with E-state index in [-0.39, 0.29) is 0 Å². The molecule has 2 nitrogen and oxygen atoms in total. The van der Waals surface area contributed by atoms with Gasteiger partial charge in [-0.3, -0.25) is 0 Å². The van der Waals surface area contributed by atoms with Crippen LogP contribution in [-0.2, 0) is 6.54 Å². The van der Waals surface area contributed by atoms with Crippen molar-refractivity contribution in [2.45, 2.75) is 53.0 Å². The minimum atomic E-state index is 0.812. The van der Waals surface area contributed by atoms with Crippen LogP contribution < -0.4 is 5.32 Å². The quantitative estimate of drug-likeness (QED) is 0.456. The maximum atomic E-state index is 5.74. The van der Waals surface area contributed by atoms with Gasteiger partial charge in [0.1, 0.15) is 0 Å². The Labute approximate surface area is 158 Å². The summed E-state index contributed by atoms with van der Waals surface area (Å²) in [5.74, 6) is 0. The zero-order valence-electron chi connectivity index (χ0n) is 15.7. The zero-order chi connectivity index (χ0) is 18.1. The van der Waals surface area contributed by atoms with Gasteiger partial charge in [0, 0.05) is 18.8 Å². The standard InChI is InChI=1S/C22H30N2S/c1-4-5-6-10-15-24(17-20-11-8-7-9-12-20)22(25)23-21-14-13-18(2)16-19(21)3/h7-9,11-14,16H,4-6,10,15,17H2,1-3H3,(H,23,25). The van der Waals surface area contributed by atoms with E-state index in [9.17, 15) is 0 Å². The Bertz CT molecular complexity index is 667. The summed E-state index contributed by atoms with van der Waals surface area (Å²) >= 11 is 5.74. The van der Waals surface area contributed by atoms with E-state index in [1.54, 1.807) is 0 Å². The van der Waals surface area contributed by atoms with Crippen molar-refractivity contribution in [2.75, 3.05) is 11.9 Å². The largest absolute Gasteiger partial charge is 0.345 e. The number of thiocarbonyl (C=S) groups is 1. The van der Waals surface area contributed by atoms with Crippen molar-refractivity contribution in [3.05, 3.63) is 65.2 Å². The number of benzene rings is 2. The predicted octanol–water partition coefficient (Wildman–Crippen LogP) is 6.08. The third-order valence-electron chi connectivity index (χ3n) is 4.41. The highest BCUT2D eigenvalue weighted by Crippen LogP contribution is 2.18. The number of unbranched alkanes of at least 4 members (excludes halogenated alkanes) is 3. The van der Waals surface area contributed by atoms with Gasteiger partial charge >= 0.3 is 0 Å². The second-order valence-corrected chi connectivity index (χ2v) is 7.10. The number of rotatable bonds is 8. The lowest BCUT2D eigenvalue weighted by Crippen LogP contribution is -2.35. The second-order valence-electron chi connectivity index (χ2n) is 6.72. The van der Waals surface area contributed by atoms with Gasteiger partial charge in [-0.1, -0.05) is 74.2 Å². The third kappa shape index (κ3) is 6.50. The van der Waals surface area contributed by atoms with Crippen LogP contribution in [0.25, 0.3) is 0 Å². The summed E-state index contributed by atoms with van der Waals surface area (Å²) in [5.41, 5.74) is 4.90. The molecule has 134 valence electrons. The van der Waals surface area contributed by atoms with Crippen molar-refractivity contribution in [2.24, 2.45) is 0 Å². The first-order chi connectivity index (χ1) is 12.1. The molecule has 1 N–H and O–H groups in total. The average molecular weight is 355 g/mol. The monoisotopic (exact) mass is 354 g/mol. The molecule has 2 aromatic rings. The van der Waals surface area contributed by atoms with Gasteiger partial charge in [0.25, 0.3) is 0 Å². The Hall–Kier alpha value is -1.87. The molecule has 0 radical (unpaired) electrons. The summed E-state index contributed by atoms with van der Waals surface area (Å²) in [7, 11) is 0. The number of nitrogens with zero attached hydrogens (tertiary/aromatic N) is 1. The summed E-state index contributed by atoms with van der Waals surface area (Å²) in [6, 6.07) is 17.0. The molecule has 0 aliphatic heterocycles. The number of nitrogens with one attached hydrogen (secondary N) is 1. The van der Waals surface area contributed by atoms with Gasteiger partial charge in [0.15, 0.2) is 5.11 Å². The number of aryl methyl sites for hydroxylation is 2. The first-order valence-electron chi connectivity index (χ1n) is 9.27. The van der Waals surface area contributed by atoms with Gasteiger partial charge in [-0.25, -0.2) is 0 Å². The lowest BCUT2D eigenvalue weighted by molar-refractivity contribution is 0.401. The summed E-state index contributed by atoms with van der Waals surface area (Å²) in [6.45, 7) is 8.33. The molecule has 0 fully saturated rings. The Morgan fingerprint density at radius 1 is 1.00 bits per heavy atom. The maximum absolute atomic E-state index is 5.74. The van der Waals surface area contributed by atoms with Gasteiger partial charge < -0.3 is 10.2 Å². The van der Waals surface area contributed by atoms with Crippen LogP contribution in [0.3, 0.4) is 0 Å². The molecule has 3 heteroatoms. The minimum absolute atomic E-state index is 0.812. The molecule has 0 saturated carbocycles. The molecule has 0 aromatic heterocycles. The molecular weight excluding hydrogens is 324 g/mol. The normalized spacial score (nSPS) is 10.5. The van der Waals surface area contributed by atoms with E-state index in [1.807, 2.05) is 0 Å². The van der Waals surface area contributed by atoms with Gasteiger partial charge in [-0.15, -0.1) is 0 Å². The molecule has 0 bridgehead atoms. The smallest absolute Gasteiger partial charge is 0.173 e. The lowest BCUT2D eigenvalue weighted by atomic mass is 10.1. The first-order valence-corrected chi connectivity index (χ1v) is 9.68. The van der Waals surface area contributed by atoms with E-state index in [2.05, 4.69) is 79.5 Å². The van der Waals surface area contributed by atoms with E-state index < -0.39 is 0 Å². The van der Waals surface area contributed by atoms with Crippen LogP contribution in [0.2, 0.25) is 0 Å². The number of anilines is 1. The highest BCUT2D eigenvalue weighted by Gasteiger charge is 2.11. The van der Waals surface area contributed by atoms with Crippen molar-refractivity contribution >= 4 is 23.0 Å². The van der Waals surface area contributed by atoms with Crippen molar-refractivity contribution in [1.82, 2.24) is 4.90 Å². The van der Waals surface area contributed by atoms with Gasteiger partial charge in [0.2, 0.25) is 0 Å². The Balaban J connectivity index is 2.05. The Morgan fingerprint density at radius 3 is 2.44 bits per heavy atom. The fourth-order valence-electron chi connectivity index (χ4n) is 2.93. The lowest BCUT2D eigenvalue weighted by Gasteiger charge is -2.26. The van der Waals surface area contributed by atoms with E-state index in [0.717, 1.165) is 23.9 Å². The van der Waals surface area contributed by atoms with Crippen LogP contribution in [0.4, 0.5) is 5.69 Å². The van der Waals surface area contributed by atoms with Crippen LogP contribution in [0.1, 0.15) is 49.3 Å². The topological polar surface area (TPSA) is 15.3 Å². The van der Waals surface area contributed by atoms with Crippen molar-refractivity contribution in [1.29, 1.82) is 0 Å². The Kier molecular flexibility index (Phi) is 7.93. The first kappa shape index (κ1) is 19.5. The van der Waals surface area contributed by atoms with E-state index in [0.29, 0.717) is 0 Å². The molecule has 2 rings (SSSR count). The average Bonchev–Trinajstić information content (AvgIpc) is 2.61. The predicted molar refractivity (Wildman–Crippen MR) is 113 cm³/mol. The maximum Gasteiger partial charge on any atom is 0.173 e. The third-order valence-corrected chi connectivity index (χ3v) is 4.77. The van der Waals surface area contributed by atoms with E-state index in [4.69, 9.17) is 12.2 Å². The molecule has 2 aromatic carbocycles. The summed E-state index contributed by atoms with van der Waals surface area (Å²) in [6.07, 6.45) is 4.98. The van der Waals surface area contributed by atoms with Crippen molar-refractivity contribution < 1.29 is 0 Å². The molecule has 0 atom stereocenters. The number of hydrogen-bond acceptors (Lipinski definition) is 1. The summed E-state index contributed by atoms with van der Waals surface area (Å²) in [5, 5.41) is 4.27. The molecular formula is C22H30N2S. The number of hydrogen-bond donors (Lipinski definition) is 1. The van der Waals surface area contributed by atoms with Gasteiger partial charge in [0.05, 0.1) is 0 Å². The summed E-state index contributed by atoms with van der Waals surface area (Å²) in [4.78, 5) is 2.29. The SMILES string of the molecule is CCCCCCN(Cc1ccccc1)C(=S)Nc1ccc(C)cc1C. The van der Waals surface area contributed by atoms with Crippen LogP contribution in [0.5, 0.6) is 0 Å². The fourth-order valence-corrected chi connectivity index (χ4v) is 3.20. The zero-order valence-corrected chi connectivity index (χ0v) is 16.5. The van der Waals surface area contributed by atoms with Crippen molar-refractivity contribution in [3.63, 3.8) is 0 Å². The molecule has 0 spiro atoms. The fraction of sp³-hybridized carbons (Fsp3) is 0.409. The van der Waals surface area contributed by atoms with Gasteiger partial charge in [-0.2, -0.15) is 0 Å². The molecule has 0 amide bonds. The summed E-state index contributed by atoms with van der Waals surface area (Å²) < 4.78 is 0. The highest BCUT2D eigenvalue weighted by molar-refractivity contribution is 7.80. The molecule has 0 saturated heterocycles.